The number of hydrogen-bond donors (Lipinski definition) is 0. The second-order valence-electron chi connectivity index (χ2n) is 8.98. The van der Waals surface area contributed by atoms with Crippen LogP contribution in [0.15, 0.2) is 11.6 Å². The first kappa shape index (κ1) is 14.0. The Bertz CT molecular complexity index is 504. The first-order valence-corrected chi connectivity index (χ1v) is 9.14. The van der Waals surface area contributed by atoms with Gasteiger partial charge in [-0.3, -0.25) is 4.79 Å². The molecule has 4 aliphatic rings. The van der Waals surface area contributed by atoms with Crippen molar-refractivity contribution in [3.05, 3.63) is 11.6 Å². The Labute approximate surface area is 129 Å². The van der Waals surface area contributed by atoms with Gasteiger partial charge in [0, 0.05) is 12.8 Å². The van der Waals surface area contributed by atoms with Crippen LogP contribution in [-0.4, -0.2) is 5.78 Å². The molecule has 0 aliphatic heterocycles. The summed E-state index contributed by atoms with van der Waals surface area (Å²) in [5.41, 5.74) is 2.63. The molecule has 0 aromatic rings. The van der Waals surface area contributed by atoms with E-state index in [1.165, 1.54) is 38.5 Å². The van der Waals surface area contributed by atoms with E-state index in [1.54, 1.807) is 5.57 Å². The SMILES string of the molecule is CC1=CC[C@@H]2C3CCC4CC(=O)CCC4(C)C3CCC12C. The van der Waals surface area contributed by atoms with E-state index in [1.807, 2.05) is 0 Å². The molecule has 0 N–H and O–H groups in total. The van der Waals surface area contributed by atoms with E-state index in [9.17, 15) is 4.79 Å². The fourth-order valence-electron chi connectivity index (χ4n) is 6.83. The van der Waals surface area contributed by atoms with Crippen molar-refractivity contribution < 1.29 is 4.79 Å². The van der Waals surface area contributed by atoms with Gasteiger partial charge >= 0.3 is 0 Å². The van der Waals surface area contributed by atoms with Crippen LogP contribution in [0.1, 0.15) is 72.1 Å². The summed E-state index contributed by atoms with van der Waals surface area (Å²) in [6.07, 6.45) is 12.3. The van der Waals surface area contributed by atoms with Crippen molar-refractivity contribution in [1.82, 2.24) is 0 Å². The van der Waals surface area contributed by atoms with Crippen LogP contribution in [0, 0.1) is 34.5 Å². The smallest absolute Gasteiger partial charge is 0.133 e. The van der Waals surface area contributed by atoms with Crippen molar-refractivity contribution in [3.8, 4) is 0 Å². The zero-order chi connectivity index (χ0) is 14.8. The van der Waals surface area contributed by atoms with Gasteiger partial charge in [0.1, 0.15) is 5.78 Å². The number of rotatable bonds is 0. The van der Waals surface area contributed by atoms with Crippen molar-refractivity contribution in [2.45, 2.75) is 72.1 Å². The maximum atomic E-state index is 11.9. The van der Waals surface area contributed by atoms with E-state index in [4.69, 9.17) is 0 Å². The molecule has 21 heavy (non-hydrogen) atoms. The molecule has 0 spiro atoms. The number of carbonyl (C=O) groups is 1. The van der Waals surface area contributed by atoms with Crippen LogP contribution in [0.25, 0.3) is 0 Å². The molecule has 1 heteroatoms. The maximum Gasteiger partial charge on any atom is 0.133 e. The monoisotopic (exact) mass is 286 g/mol. The molecule has 4 rings (SSSR count). The van der Waals surface area contributed by atoms with E-state index in [0.717, 1.165) is 30.6 Å². The van der Waals surface area contributed by atoms with Crippen molar-refractivity contribution in [2.24, 2.45) is 34.5 Å². The van der Waals surface area contributed by atoms with Crippen LogP contribution < -0.4 is 0 Å². The molecule has 1 nitrogen and oxygen atoms in total. The van der Waals surface area contributed by atoms with Crippen LogP contribution in [0.2, 0.25) is 0 Å². The molecular weight excluding hydrogens is 256 g/mol. The number of hydrogen-bond acceptors (Lipinski definition) is 1. The third-order valence-electron chi connectivity index (χ3n) is 8.45. The third-order valence-corrected chi connectivity index (χ3v) is 8.45. The van der Waals surface area contributed by atoms with E-state index < -0.39 is 0 Å². The highest BCUT2D eigenvalue weighted by atomic mass is 16.1. The number of carbonyl (C=O) groups excluding carboxylic acids is 1. The van der Waals surface area contributed by atoms with Gasteiger partial charge in [-0.05, 0) is 80.0 Å². The third kappa shape index (κ3) is 1.79. The zero-order valence-corrected chi connectivity index (χ0v) is 14.0. The fraction of sp³-hybridized carbons (Fsp3) is 0.850. The van der Waals surface area contributed by atoms with Crippen molar-refractivity contribution in [1.29, 1.82) is 0 Å². The summed E-state index contributed by atoms with van der Waals surface area (Å²) in [5.74, 6) is 3.94. The first-order valence-electron chi connectivity index (χ1n) is 9.14. The molecule has 4 aliphatic carbocycles. The lowest BCUT2D eigenvalue weighted by Gasteiger charge is -2.60. The second-order valence-corrected chi connectivity index (χ2v) is 8.98. The predicted molar refractivity (Wildman–Crippen MR) is 85.9 cm³/mol. The van der Waals surface area contributed by atoms with Gasteiger partial charge in [0.2, 0.25) is 0 Å². The molecule has 3 fully saturated rings. The minimum absolute atomic E-state index is 0.467. The zero-order valence-electron chi connectivity index (χ0n) is 14.0. The van der Waals surface area contributed by atoms with Gasteiger partial charge in [0.05, 0.1) is 0 Å². The average molecular weight is 286 g/mol. The van der Waals surface area contributed by atoms with Crippen LogP contribution in [0.5, 0.6) is 0 Å². The molecule has 0 radical (unpaired) electrons. The number of Topliss-reactive ketones (excluding diaryl/α,β-unsaturated/α-hetero) is 1. The summed E-state index contributed by atoms with van der Waals surface area (Å²) >= 11 is 0. The summed E-state index contributed by atoms with van der Waals surface area (Å²) in [6.45, 7) is 7.44. The Morgan fingerprint density at radius 1 is 1.10 bits per heavy atom. The summed E-state index contributed by atoms with van der Waals surface area (Å²) in [4.78, 5) is 11.9. The molecule has 116 valence electrons. The molecule has 0 aromatic heterocycles. The molecule has 0 saturated heterocycles. The highest BCUT2D eigenvalue weighted by Gasteiger charge is 2.57. The lowest BCUT2D eigenvalue weighted by molar-refractivity contribution is -0.137. The Kier molecular flexibility index (Phi) is 2.98. The fourth-order valence-corrected chi connectivity index (χ4v) is 6.83. The lowest BCUT2D eigenvalue weighted by Crippen LogP contribution is -2.53. The van der Waals surface area contributed by atoms with Gasteiger partial charge in [-0.25, -0.2) is 0 Å². The normalized spacial score (nSPS) is 52.7. The molecule has 0 aromatic carbocycles. The van der Waals surface area contributed by atoms with Crippen molar-refractivity contribution in [2.75, 3.05) is 0 Å². The van der Waals surface area contributed by atoms with Gasteiger partial charge in [0.25, 0.3) is 0 Å². The Morgan fingerprint density at radius 3 is 2.71 bits per heavy atom. The van der Waals surface area contributed by atoms with Crippen molar-refractivity contribution in [3.63, 3.8) is 0 Å². The van der Waals surface area contributed by atoms with Gasteiger partial charge in [-0.2, -0.15) is 0 Å². The predicted octanol–water partition coefficient (Wildman–Crippen LogP) is 5.15. The maximum absolute atomic E-state index is 11.9. The van der Waals surface area contributed by atoms with Crippen LogP contribution in [0.4, 0.5) is 0 Å². The highest BCUT2D eigenvalue weighted by molar-refractivity contribution is 5.79. The highest BCUT2D eigenvalue weighted by Crippen LogP contribution is 2.65. The van der Waals surface area contributed by atoms with E-state index in [-0.39, 0.29) is 0 Å². The number of fused-ring (bicyclic) bond motifs is 5. The Hall–Kier alpha value is -0.590. The van der Waals surface area contributed by atoms with Crippen molar-refractivity contribution >= 4 is 5.78 Å². The molecule has 3 saturated carbocycles. The largest absolute Gasteiger partial charge is 0.300 e. The average Bonchev–Trinajstić information content (AvgIpc) is 2.76. The minimum Gasteiger partial charge on any atom is -0.300 e. The Morgan fingerprint density at radius 2 is 1.90 bits per heavy atom. The molecule has 0 bridgehead atoms. The topological polar surface area (TPSA) is 17.1 Å². The molecule has 0 amide bonds. The van der Waals surface area contributed by atoms with Gasteiger partial charge in [-0.15, -0.1) is 0 Å². The Balaban J connectivity index is 1.64. The quantitative estimate of drug-likeness (QED) is 0.562. The van der Waals surface area contributed by atoms with E-state index >= 15 is 0 Å². The summed E-state index contributed by atoms with van der Waals surface area (Å²) < 4.78 is 0. The van der Waals surface area contributed by atoms with Crippen LogP contribution in [-0.2, 0) is 4.79 Å². The molecular formula is C20H30O. The standard InChI is InChI=1S/C20H30O/c1-13-4-7-17-16-6-5-14-12-15(21)8-10-20(14,3)18(16)9-11-19(13,17)2/h4,14,16-18H,5-12H2,1-3H3/t14?,16?,17-,18?,19?,20?/m1/s1. The summed E-state index contributed by atoms with van der Waals surface area (Å²) in [6, 6.07) is 0. The second kappa shape index (κ2) is 4.46. The number of allylic oxidation sites excluding steroid dienone is 2. The molecule has 6 atom stereocenters. The van der Waals surface area contributed by atoms with Crippen LogP contribution in [0.3, 0.4) is 0 Å². The van der Waals surface area contributed by atoms with Gasteiger partial charge in [-0.1, -0.05) is 25.5 Å². The van der Waals surface area contributed by atoms with E-state index in [0.29, 0.717) is 22.5 Å². The summed E-state index contributed by atoms with van der Waals surface area (Å²) in [7, 11) is 0. The first-order chi connectivity index (χ1) is 9.95. The minimum atomic E-state index is 0.467. The van der Waals surface area contributed by atoms with Crippen LogP contribution >= 0.6 is 0 Å². The number of ketones is 1. The lowest BCUT2D eigenvalue weighted by atomic mass is 9.45. The molecule has 5 unspecified atom stereocenters. The summed E-state index contributed by atoms with van der Waals surface area (Å²) in [5, 5.41) is 0. The van der Waals surface area contributed by atoms with E-state index in [2.05, 4.69) is 26.8 Å². The van der Waals surface area contributed by atoms with Gasteiger partial charge in [0.15, 0.2) is 0 Å². The molecule has 0 heterocycles. The van der Waals surface area contributed by atoms with Gasteiger partial charge < -0.3 is 0 Å².